The van der Waals surface area contributed by atoms with E-state index in [0.29, 0.717) is 5.56 Å². The van der Waals surface area contributed by atoms with Crippen molar-refractivity contribution in [1.82, 2.24) is 0 Å². The van der Waals surface area contributed by atoms with Crippen LogP contribution in [-0.4, -0.2) is 77.6 Å². The molecule has 0 spiro atoms. The lowest BCUT2D eigenvalue weighted by Gasteiger charge is -2.41. The number of hydrogen-bond donors (Lipinski definition) is 7. The molecule has 0 aliphatic heterocycles. The van der Waals surface area contributed by atoms with E-state index < -0.39 is 71.9 Å². The predicted molar refractivity (Wildman–Crippen MR) is 125 cm³/mol. The van der Waals surface area contributed by atoms with Crippen LogP contribution in [0.4, 0.5) is 0 Å². The molecule has 2 atom stereocenters. The summed E-state index contributed by atoms with van der Waals surface area (Å²) in [6.45, 7) is 0. The van der Waals surface area contributed by atoms with Crippen LogP contribution in [-0.2, 0) is 23.9 Å². The second-order valence-electron chi connectivity index (χ2n) is 8.29. The quantitative estimate of drug-likeness (QED) is 0.156. The second-order valence-corrected chi connectivity index (χ2v) is 8.29. The van der Waals surface area contributed by atoms with Gasteiger partial charge in [-0.2, -0.15) is 0 Å². The van der Waals surface area contributed by atoms with Crippen molar-refractivity contribution >= 4 is 30.1 Å². The lowest BCUT2D eigenvalue weighted by Crippen LogP contribution is -2.58. The van der Waals surface area contributed by atoms with Gasteiger partial charge in [-0.3, -0.25) is 0 Å². The van der Waals surface area contributed by atoms with E-state index in [1.165, 1.54) is 42.5 Å². The van der Waals surface area contributed by atoms with Crippen LogP contribution in [0.25, 0.3) is 12.2 Å². The number of benzene rings is 2. The number of ether oxygens (including phenoxy) is 2. The van der Waals surface area contributed by atoms with Crippen molar-refractivity contribution in [2.45, 2.75) is 36.8 Å². The molecule has 1 fully saturated rings. The zero-order valence-corrected chi connectivity index (χ0v) is 19.1. The standard InChI is InChI=1S/C25H24O12/c26-15-7-4-13(10-17(15)28)5-8-20(31)36-23-18(29)11-25(24(34)35,12-19(23)30)37-21(32)9-6-14-2-1-3-16(27)22(14)33/h1-10,18-19,23,26-30,33H,11-12H2,(H,34,35). The minimum atomic E-state index is -2.34. The maximum absolute atomic E-state index is 12.3. The molecular formula is C25H24O12. The van der Waals surface area contributed by atoms with Gasteiger partial charge >= 0.3 is 17.9 Å². The molecule has 1 aliphatic rings. The van der Waals surface area contributed by atoms with Gasteiger partial charge in [0.25, 0.3) is 0 Å². The smallest absolute Gasteiger partial charge is 0.348 e. The Morgan fingerprint density at radius 3 is 2.11 bits per heavy atom. The lowest BCUT2D eigenvalue weighted by molar-refractivity contribution is -0.207. The molecule has 7 N–H and O–H groups in total. The molecule has 1 saturated carbocycles. The van der Waals surface area contributed by atoms with Gasteiger partial charge in [0.15, 0.2) is 29.1 Å². The Balaban J connectivity index is 1.67. The van der Waals surface area contributed by atoms with Crippen LogP contribution in [0, 0.1) is 0 Å². The number of aromatic hydroxyl groups is 4. The Hall–Kier alpha value is -4.55. The molecule has 0 bridgehead atoms. The number of para-hydroxylation sites is 1. The van der Waals surface area contributed by atoms with Crippen molar-refractivity contribution < 1.29 is 59.6 Å². The summed E-state index contributed by atoms with van der Waals surface area (Å²) in [5, 5.41) is 68.7. The Morgan fingerprint density at radius 2 is 1.49 bits per heavy atom. The van der Waals surface area contributed by atoms with Crippen LogP contribution in [0.3, 0.4) is 0 Å². The molecule has 37 heavy (non-hydrogen) atoms. The molecule has 12 heteroatoms. The highest BCUT2D eigenvalue weighted by atomic mass is 16.6. The van der Waals surface area contributed by atoms with E-state index >= 15 is 0 Å². The average Bonchev–Trinajstić information content (AvgIpc) is 2.83. The maximum Gasteiger partial charge on any atom is 0.348 e. The monoisotopic (exact) mass is 516 g/mol. The fourth-order valence-corrected chi connectivity index (χ4v) is 3.76. The number of carboxylic acids is 1. The number of hydrogen-bond acceptors (Lipinski definition) is 11. The Bertz CT molecular complexity index is 1240. The molecule has 3 rings (SSSR count). The van der Waals surface area contributed by atoms with Crippen molar-refractivity contribution in [3.63, 3.8) is 0 Å². The largest absolute Gasteiger partial charge is 0.504 e. The summed E-state index contributed by atoms with van der Waals surface area (Å²) >= 11 is 0. The summed E-state index contributed by atoms with van der Waals surface area (Å²) in [6.07, 6.45) is -2.33. The van der Waals surface area contributed by atoms with E-state index in [9.17, 15) is 50.1 Å². The molecule has 2 aromatic rings. The molecule has 2 aromatic carbocycles. The van der Waals surface area contributed by atoms with Crippen LogP contribution in [0.15, 0.2) is 48.6 Å². The van der Waals surface area contributed by atoms with Crippen molar-refractivity contribution in [1.29, 1.82) is 0 Å². The van der Waals surface area contributed by atoms with Crippen molar-refractivity contribution in [2.75, 3.05) is 0 Å². The summed E-state index contributed by atoms with van der Waals surface area (Å²) < 4.78 is 10.1. The van der Waals surface area contributed by atoms with Gasteiger partial charge in [0.05, 0.1) is 12.2 Å². The molecule has 196 valence electrons. The van der Waals surface area contributed by atoms with Gasteiger partial charge in [-0.25, -0.2) is 14.4 Å². The highest BCUT2D eigenvalue weighted by Gasteiger charge is 2.54. The summed E-state index contributed by atoms with van der Waals surface area (Å²) in [5.74, 6) is -5.53. The van der Waals surface area contributed by atoms with E-state index in [0.717, 1.165) is 18.2 Å². The van der Waals surface area contributed by atoms with Crippen molar-refractivity contribution in [3.8, 4) is 23.0 Å². The van der Waals surface area contributed by atoms with Gasteiger partial charge in [0.2, 0.25) is 5.60 Å². The number of aliphatic hydroxyl groups excluding tert-OH is 2. The number of aliphatic carboxylic acids is 1. The molecular weight excluding hydrogens is 492 g/mol. The molecule has 1 aliphatic carbocycles. The number of carbonyl (C=O) groups is 3. The Labute approximate surface area is 209 Å². The molecule has 2 unspecified atom stereocenters. The van der Waals surface area contributed by atoms with E-state index in [4.69, 9.17) is 9.47 Å². The number of phenols is 4. The van der Waals surface area contributed by atoms with E-state index in [-0.39, 0.29) is 11.3 Å². The third-order valence-electron chi connectivity index (χ3n) is 5.63. The van der Waals surface area contributed by atoms with Crippen LogP contribution in [0.1, 0.15) is 24.0 Å². The first-order valence-corrected chi connectivity index (χ1v) is 10.8. The van der Waals surface area contributed by atoms with Crippen molar-refractivity contribution in [3.05, 3.63) is 59.7 Å². The van der Waals surface area contributed by atoms with Gasteiger partial charge in [-0.1, -0.05) is 18.2 Å². The minimum Gasteiger partial charge on any atom is -0.504 e. The number of phenolic OH excluding ortho intramolecular Hbond substituents is 4. The molecule has 0 saturated heterocycles. The number of rotatable bonds is 7. The van der Waals surface area contributed by atoms with E-state index in [2.05, 4.69) is 0 Å². The average molecular weight is 516 g/mol. The molecule has 12 nitrogen and oxygen atoms in total. The topological polar surface area (TPSA) is 211 Å². The second kappa shape index (κ2) is 11.0. The Kier molecular flexibility index (Phi) is 8.05. The van der Waals surface area contributed by atoms with Crippen molar-refractivity contribution in [2.24, 2.45) is 0 Å². The highest BCUT2D eigenvalue weighted by molar-refractivity contribution is 5.91. The Morgan fingerprint density at radius 1 is 0.838 bits per heavy atom. The predicted octanol–water partition coefficient (Wildman–Crippen LogP) is 1.03. The van der Waals surface area contributed by atoms with Gasteiger partial charge in [-0.05, 0) is 35.9 Å². The fourth-order valence-electron chi connectivity index (χ4n) is 3.76. The number of aliphatic hydroxyl groups is 2. The van der Waals surface area contributed by atoms with Gasteiger partial charge in [-0.15, -0.1) is 0 Å². The summed E-state index contributed by atoms with van der Waals surface area (Å²) in [5.41, 5.74) is -1.96. The van der Waals surface area contributed by atoms with Gasteiger partial charge in [0.1, 0.15) is 0 Å². The number of carbonyl (C=O) groups excluding carboxylic acids is 2. The molecule has 0 radical (unpaired) electrons. The van der Waals surface area contributed by atoms with Gasteiger partial charge < -0.3 is 45.2 Å². The number of carboxylic acid groups (broad SMARTS) is 1. The van der Waals surface area contributed by atoms with E-state index in [1.54, 1.807) is 0 Å². The third-order valence-corrected chi connectivity index (χ3v) is 5.63. The summed E-state index contributed by atoms with van der Waals surface area (Å²) in [6, 6.07) is 7.76. The minimum absolute atomic E-state index is 0.0487. The summed E-state index contributed by atoms with van der Waals surface area (Å²) in [4.78, 5) is 36.5. The maximum atomic E-state index is 12.3. The summed E-state index contributed by atoms with van der Waals surface area (Å²) in [7, 11) is 0. The lowest BCUT2D eigenvalue weighted by atomic mass is 9.79. The third kappa shape index (κ3) is 6.37. The normalized spacial score (nSPS) is 23.7. The highest BCUT2D eigenvalue weighted by Crippen LogP contribution is 2.35. The molecule has 0 amide bonds. The van der Waals surface area contributed by atoms with Gasteiger partial charge in [0, 0.05) is 30.6 Å². The van der Waals surface area contributed by atoms with E-state index in [1.807, 2.05) is 0 Å². The number of esters is 2. The first-order chi connectivity index (χ1) is 17.4. The van der Waals surface area contributed by atoms with Crippen LogP contribution < -0.4 is 0 Å². The first-order valence-electron chi connectivity index (χ1n) is 10.8. The molecule has 0 aromatic heterocycles. The van der Waals surface area contributed by atoms with Crippen LogP contribution >= 0.6 is 0 Å². The zero-order chi connectivity index (χ0) is 27.3. The SMILES string of the molecule is O=C(C=Cc1ccc(O)c(O)c1)OC1C(O)CC(OC(=O)C=Cc2cccc(O)c2O)(C(=O)O)CC1O. The molecule has 0 heterocycles. The first kappa shape index (κ1) is 27.0. The zero-order valence-electron chi connectivity index (χ0n) is 19.1. The van der Waals surface area contributed by atoms with Crippen LogP contribution in [0.2, 0.25) is 0 Å². The van der Waals surface area contributed by atoms with Crippen LogP contribution in [0.5, 0.6) is 23.0 Å². The fraction of sp³-hybridized carbons (Fsp3) is 0.240.